The van der Waals surface area contributed by atoms with Gasteiger partial charge in [0.15, 0.2) is 0 Å². The summed E-state index contributed by atoms with van der Waals surface area (Å²) in [6, 6.07) is 11.0. The third-order valence-corrected chi connectivity index (χ3v) is 5.46. The monoisotopic (exact) mass is 473 g/mol. The van der Waals surface area contributed by atoms with Gasteiger partial charge in [0.1, 0.15) is 17.3 Å². The van der Waals surface area contributed by atoms with Crippen molar-refractivity contribution in [3.05, 3.63) is 64.2 Å². The number of aliphatic hydroxyl groups excluding tert-OH is 1. The van der Waals surface area contributed by atoms with Crippen molar-refractivity contribution in [2.24, 2.45) is 0 Å². The lowest BCUT2D eigenvalue weighted by molar-refractivity contribution is -0.140. The van der Waals surface area contributed by atoms with E-state index in [1.807, 2.05) is 20.8 Å². The zero-order valence-corrected chi connectivity index (χ0v) is 19.9. The van der Waals surface area contributed by atoms with Crippen molar-refractivity contribution < 1.29 is 28.9 Å². The second-order valence-corrected chi connectivity index (χ2v) is 8.20. The van der Waals surface area contributed by atoms with Gasteiger partial charge < -0.3 is 24.2 Å². The molecule has 0 radical (unpaired) electrons. The first-order valence-electron chi connectivity index (χ1n) is 10.7. The summed E-state index contributed by atoms with van der Waals surface area (Å²) in [4.78, 5) is 27.6. The second-order valence-electron chi connectivity index (χ2n) is 7.76. The molecule has 8 heteroatoms. The smallest absolute Gasteiger partial charge is 0.295 e. The lowest BCUT2D eigenvalue weighted by Gasteiger charge is -2.26. The first-order chi connectivity index (χ1) is 15.8. The summed E-state index contributed by atoms with van der Waals surface area (Å²) in [5.41, 5.74) is 0.818. The molecule has 3 rings (SSSR count). The van der Waals surface area contributed by atoms with E-state index in [2.05, 4.69) is 0 Å². The minimum atomic E-state index is -0.829. The van der Waals surface area contributed by atoms with Gasteiger partial charge in [-0.3, -0.25) is 9.59 Å². The van der Waals surface area contributed by atoms with Crippen LogP contribution in [0.3, 0.4) is 0 Å². The molecule has 176 valence electrons. The van der Waals surface area contributed by atoms with Crippen molar-refractivity contribution in [1.29, 1.82) is 0 Å². The normalized spacial score (nSPS) is 17.6. The summed E-state index contributed by atoms with van der Waals surface area (Å²) in [5, 5.41) is 11.6. The van der Waals surface area contributed by atoms with E-state index >= 15 is 0 Å². The topological polar surface area (TPSA) is 85.3 Å². The number of carbonyl (C=O) groups is 2. The van der Waals surface area contributed by atoms with E-state index in [9.17, 15) is 14.7 Å². The van der Waals surface area contributed by atoms with Crippen molar-refractivity contribution in [3.8, 4) is 11.5 Å². The van der Waals surface area contributed by atoms with Gasteiger partial charge in [-0.1, -0.05) is 23.7 Å². The zero-order chi connectivity index (χ0) is 24.1. The predicted octanol–water partition coefficient (Wildman–Crippen LogP) is 4.59. The zero-order valence-electron chi connectivity index (χ0n) is 19.1. The molecular formula is C25H28ClNO6. The fourth-order valence-corrected chi connectivity index (χ4v) is 3.97. The molecule has 1 unspecified atom stereocenters. The lowest BCUT2D eigenvalue weighted by Crippen LogP contribution is -2.33. The molecule has 0 aromatic heterocycles. The SMILES string of the molecule is CCOc1cccc(C2/C(=C(\O)c3cc(Cl)ccc3OC)C(=O)C(=O)N2CCOC(C)C)c1. The number of carbonyl (C=O) groups excluding carboxylic acids is 2. The van der Waals surface area contributed by atoms with Crippen molar-refractivity contribution in [2.75, 3.05) is 26.9 Å². The summed E-state index contributed by atoms with van der Waals surface area (Å²) in [6.07, 6.45) is -0.0303. The quantitative estimate of drug-likeness (QED) is 0.325. The fourth-order valence-electron chi connectivity index (χ4n) is 3.80. The molecular weight excluding hydrogens is 446 g/mol. The number of hydrogen-bond donors (Lipinski definition) is 1. The first kappa shape index (κ1) is 24.6. The predicted molar refractivity (Wildman–Crippen MR) is 126 cm³/mol. The van der Waals surface area contributed by atoms with E-state index in [4.69, 9.17) is 25.8 Å². The van der Waals surface area contributed by atoms with E-state index in [1.165, 1.54) is 18.1 Å². The van der Waals surface area contributed by atoms with Gasteiger partial charge in [-0.2, -0.15) is 0 Å². The second kappa shape index (κ2) is 10.7. The molecule has 1 amide bonds. The third kappa shape index (κ3) is 5.31. The number of rotatable bonds is 9. The van der Waals surface area contributed by atoms with Crippen molar-refractivity contribution in [1.82, 2.24) is 4.90 Å². The summed E-state index contributed by atoms with van der Waals surface area (Å²) in [5.74, 6) is -0.929. The van der Waals surface area contributed by atoms with Gasteiger partial charge in [0.2, 0.25) is 0 Å². The third-order valence-electron chi connectivity index (χ3n) is 5.22. The highest BCUT2D eigenvalue weighted by Gasteiger charge is 2.46. The van der Waals surface area contributed by atoms with E-state index in [0.29, 0.717) is 28.7 Å². The van der Waals surface area contributed by atoms with Gasteiger partial charge in [0.25, 0.3) is 11.7 Å². The van der Waals surface area contributed by atoms with Gasteiger partial charge in [-0.05, 0) is 56.7 Å². The highest BCUT2D eigenvalue weighted by atomic mass is 35.5. The van der Waals surface area contributed by atoms with Crippen LogP contribution in [0.1, 0.15) is 37.9 Å². The van der Waals surface area contributed by atoms with E-state index in [1.54, 1.807) is 36.4 Å². The van der Waals surface area contributed by atoms with Crippen molar-refractivity contribution >= 4 is 29.1 Å². The molecule has 0 aliphatic carbocycles. The van der Waals surface area contributed by atoms with Crippen LogP contribution in [0, 0.1) is 0 Å². The van der Waals surface area contributed by atoms with Gasteiger partial charge in [-0.15, -0.1) is 0 Å². The van der Waals surface area contributed by atoms with Crippen LogP contribution in [-0.2, 0) is 14.3 Å². The van der Waals surface area contributed by atoms with Crippen LogP contribution < -0.4 is 9.47 Å². The molecule has 2 aromatic rings. The Labute approximate surface area is 198 Å². The van der Waals surface area contributed by atoms with Crippen LogP contribution in [0.4, 0.5) is 0 Å². The standard InChI is InChI=1S/C25H28ClNO6/c1-5-32-18-8-6-7-16(13-18)22-21(23(28)19-14-17(26)9-10-20(19)31-4)24(29)25(30)27(22)11-12-33-15(2)3/h6-10,13-15,22,28H,5,11-12H2,1-4H3/b23-21+. The Morgan fingerprint density at radius 3 is 2.61 bits per heavy atom. The number of hydrogen-bond acceptors (Lipinski definition) is 6. The first-order valence-corrected chi connectivity index (χ1v) is 11.1. The van der Waals surface area contributed by atoms with Crippen LogP contribution in [0.15, 0.2) is 48.0 Å². The van der Waals surface area contributed by atoms with E-state index in [0.717, 1.165) is 0 Å². The molecule has 0 saturated carbocycles. The van der Waals surface area contributed by atoms with E-state index in [-0.39, 0.29) is 36.2 Å². The molecule has 1 heterocycles. The molecule has 33 heavy (non-hydrogen) atoms. The Kier molecular flexibility index (Phi) is 8.00. The Morgan fingerprint density at radius 1 is 1.18 bits per heavy atom. The number of aliphatic hydroxyl groups is 1. The largest absolute Gasteiger partial charge is 0.507 e. The highest BCUT2D eigenvalue weighted by Crippen LogP contribution is 2.42. The molecule has 2 aromatic carbocycles. The van der Waals surface area contributed by atoms with Crippen LogP contribution in [-0.4, -0.2) is 54.7 Å². The van der Waals surface area contributed by atoms with E-state index < -0.39 is 17.7 Å². The minimum Gasteiger partial charge on any atom is -0.507 e. The lowest BCUT2D eigenvalue weighted by atomic mass is 9.95. The summed E-state index contributed by atoms with van der Waals surface area (Å²) < 4.78 is 16.6. The maximum atomic E-state index is 13.2. The average Bonchev–Trinajstić information content (AvgIpc) is 3.04. The summed E-state index contributed by atoms with van der Waals surface area (Å²) >= 11 is 6.14. The summed E-state index contributed by atoms with van der Waals surface area (Å²) in [6.45, 7) is 6.53. The highest BCUT2D eigenvalue weighted by molar-refractivity contribution is 6.46. The minimum absolute atomic E-state index is 0.0303. The van der Waals surface area contributed by atoms with Crippen LogP contribution >= 0.6 is 11.6 Å². The summed E-state index contributed by atoms with van der Waals surface area (Å²) in [7, 11) is 1.45. The number of nitrogens with zero attached hydrogens (tertiary/aromatic N) is 1. The van der Waals surface area contributed by atoms with Crippen LogP contribution in [0.5, 0.6) is 11.5 Å². The Bertz CT molecular complexity index is 1060. The Balaban J connectivity index is 2.17. The molecule has 1 saturated heterocycles. The molecule has 7 nitrogen and oxygen atoms in total. The number of benzene rings is 2. The van der Waals surface area contributed by atoms with Gasteiger partial charge in [-0.25, -0.2) is 0 Å². The molecule has 1 N–H and O–H groups in total. The number of likely N-dealkylation sites (tertiary alicyclic amines) is 1. The molecule has 1 atom stereocenters. The number of halogens is 1. The molecule has 0 spiro atoms. The Morgan fingerprint density at radius 2 is 1.94 bits per heavy atom. The molecule has 0 bridgehead atoms. The van der Waals surface area contributed by atoms with Gasteiger partial charge in [0, 0.05) is 11.6 Å². The van der Waals surface area contributed by atoms with Gasteiger partial charge in [0.05, 0.1) is 43.6 Å². The maximum absolute atomic E-state index is 13.2. The molecule has 1 aliphatic heterocycles. The maximum Gasteiger partial charge on any atom is 0.295 e. The number of amides is 1. The molecule has 1 fully saturated rings. The van der Waals surface area contributed by atoms with Crippen LogP contribution in [0.25, 0.3) is 5.76 Å². The number of ether oxygens (including phenoxy) is 3. The van der Waals surface area contributed by atoms with Gasteiger partial charge >= 0.3 is 0 Å². The fraction of sp³-hybridized carbons (Fsp3) is 0.360. The number of ketones is 1. The Hall–Kier alpha value is -3.03. The van der Waals surface area contributed by atoms with Crippen molar-refractivity contribution in [2.45, 2.75) is 32.9 Å². The van der Waals surface area contributed by atoms with Crippen LogP contribution in [0.2, 0.25) is 5.02 Å². The number of Topliss-reactive ketones (excluding diaryl/α,β-unsaturated/α-hetero) is 1. The average molecular weight is 474 g/mol. The number of methoxy groups -OCH3 is 1. The molecule has 1 aliphatic rings. The van der Waals surface area contributed by atoms with Crippen molar-refractivity contribution in [3.63, 3.8) is 0 Å².